The number of benzene rings is 2. The first kappa shape index (κ1) is 19.9. The van der Waals surface area contributed by atoms with Gasteiger partial charge in [-0.05, 0) is 42.3 Å². The third-order valence-corrected chi connectivity index (χ3v) is 8.31. The van der Waals surface area contributed by atoms with E-state index in [1.807, 2.05) is 6.20 Å². The lowest BCUT2D eigenvalue weighted by molar-refractivity contribution is -0.426. The lowest BCUT2D eigenvalue weighted by Crippen LogP contribution is -2.37. The van der Waals surface area contributed by atoms with Crippen LogP contribution in [0.5, 0.6) is 0 Å². The molecule has 2 aromatic heterocycles. The molecule has 31 heavy (non-hydrogen) atoms. The van der Waals surface area contributed by atoms with Gasteiger partial charge in [0.05, 0.1) is 20.0 Å². The van der Waals surface area contributed by atoms with E-state index in [2.05, 4.69) is 93.5 Å². The summed E-state index contributed by atoms with van der Waals surface area (Å²) in [6.45, 7) is 14.6. The Hall–Kier alpha value is -2.98. The molecule has 3 heterocycles. The van der Waals surface area contributed by atoms with Crippen LogP contribution in [0.4, 0.5) is 5.69 Å². The molecule has 5 rings (SSSR count). The summed E-state index contributed by atoms with van der Waals surface area (Å²) in [4.78, 5) is 4.86. The van der Waals surface area contributed by atoms with Crippen LogP contribution in [-0.2, 0) is 0 Å². The monoisotopic (exact) mass is 425 g/mol. The number of fused-ring (bicyclic) bond motifs is 3. The SMILES string of the molecule is CC1=CC(C)=[N+](c2ccc(-c3ccc([Si](C)(C)C)c4c3oc3c(C)cccc34)nc2)C1. The minimum absolute atomic E-state index is 0.935. The van der Waals surface area contributed by atoms with Gasteiger partial charge in [0.25, 0.3) is 0 Å². The molecule has 0 radical (unpaired) electrons. The molecule has 0 aliphatic carbocycles. The zero-order valence-electron chi connectivity index (χ0n) is 19.2. The third-order valence-electron chi connectivity index (χ3n) is 6.28. The quantitative estimate of drug-likeness (QED) is 0.274. The van der Waals surface area contributed by atoms with Gasteiger partial charge in [0.1, 0.15) is 11.2 Å². The molecule has 0 N–H and O–H groups in total. The van der Waals surface area contributed by atoms with Crippen molar-refractivity contribution < 1.29 is 8.99 Å². The van der Waals surface area contributed by atoms with Crippen molar-refractivity contribution in [1.82, 2.24) is 4.98 Å². The highest BCUT2D eigenvalue weighted by Gasteiger charge is 2.26. The van der Waals surface area contributed by atoms with Gasteiger partial charge in [0, 0.05) is 35.4 Å². The fourth-order valence-electron chi connectivity index (χ4n) is 4.72. The molecule has 0 saturated carbocycles. The lowest BCUT2D eigenvalue weighted by atomic mass is 10.0. The molecular formula is C27H29N2OSi+. The summed E-state index contributed by atoms with van der Waals surface area (Å²) in [5.74, 6) is 0. The Kier molecular flexibility index (Phi) is 4.52. The maximum absolute atomic E-state index is 6.53. The summed E-state index contributed by atoms with van der Waals surface area (Å²) in [5, 5.41) is 3.93. The zero-order chi connectivity index (χ0) is 21.9. The molecule has 0 saturated heterocycles. The van der Waals surface area contributed by atoms with Crippen LogP contribution in [0.3, 0.4) is 0 Å². The number of rotatable bonds is 3. The summed E-state index contributed by atoms with van der Waals surface area (Å²) in [5.41, 5.74) is 8.92. The van der Waals surface area contributed by atoms with Crippen LogP contribution in [0.2, 0.25) is 19.6 Å². The van der Waals surface area contributed by atoms with E-state index in [1.165, 1.54) is 32.8 Å². The van der Waals surface area contributed by atoms with Gasteiger partial charge in [-0.25, -0.2) is 4.98 Å². The van der Waals surface area contributed by atoms with Crippen molar-refractivity contribution in [2.45, 2.75) is 40.4 Å². The molecule has 4 aromatic rings. The van der Waals surface area contributed by atoms with Gasteiger partial charge < -0.3 is 4.42 Å². The number of allylic oxidation sites excluding steroid dienone is 1. The number of furan rings is 1. The summed E-state index contributed by atoms with van der Waals surface area (Å²) >= 11 is 0. The van der Waals surface area contributed by atoms with Crippen LogP contribution < -0.4 is 5.19 Å². The Morgan fingerprint density at radius 3 is 2.39 bits per heavy atom. The van der Waals surface area contributed by atoms with Gasteiger partial charge in [-0.1, -0.05) is 43.9 Å². The first-order valence-corrected chi connectivity index (χ1v) is 14.4. The van der Waals surface area contributed by atoms with Crippen LogP contribution in [0.15, 0.2) is 64.7 Å². The van der Waals surface area contributed by atoms with Gasteiger partial charge >= 0.3 is 0 Å². The minimum atomic E-state index is -1.56. The molecule has 0 atom stereocenters. The minimum Gasteiger partial charge on any atom is -0.455 e. The highest BCUT2D eigenvalue weighted by atomic mass is 28.3. The van der Waals surface area contributed by atoms with Crippen LogP contribution in [0.25, 0.3) is 33.2 Å². The van der Waals surface area contributed by atoms with E-state index in [0.29, 0.717) is 0 Å². The Labute approximate surface area is 184 Å². The fraction of sp³-hybridized carbons (Fsp3) is 0.259. The number of nitrogens with zero attached hydrogens (tertiary/aromatic N) is 2. The van der Waals surface area contributed by atoms with Gasteiger partial charge in [-0.3, -0.25) is 0 Å². The Balaban J connectivity index is 1.70. The first-order valence-electron chi connectivity index (χ1n) is 10.9. The molecule has 156 valence electrons. The number of hydrogen-bond acceptors (Lipinski definition) is 2. The van der Waals surface area contributed by atoms with Crippen molar-refractivity contribution in [3.05, 3.63) is 65.9 Å². The van der Waals surface area contributed by atoms with Crippen molar-refractivity contribution in [2.75, 3.05) is 6.54 Å². The number of hydrogen-bond donors (Lipinski definition) is 0. The first-order chi connectivity index (χ1) is 14.7. The van der Waals surface area contributed by atoms with Crippen LogP contribution in [-0.4, -0.2) is 29.9 Å². The molecule has 0 bridgehead atoms. The van der Waals surface area contributed by atoms with E-state index in [9.17, 15) is 0 Å². The van der Waals surface area contributed by atoms with Crippen molar-refractivity contribution in [3.8, 4) is 11.3 Å². The Morgan fingerprint density at radius 2 is 1.74 bits per heavy atom. The van der Waals surface area contributed by atoms with Crippen molar-refractivity contribution in [2.24, 2.45) is 0 Å². The molecule has 0 amide bonds. The summed E-state index contributed by atoms with van der Waals surface area (Å²) in [6.07, 6.45) is 4.22. The number of pyridine rings is 1. The predicted molar refractivity (Wildman–Crippen MR) is 134 cm³/mol. The van der Waals surface area contributed by atoms with E-state index < -0.39 is 8.07 Å². The molecule has 0 spiro atoms. The molecule has 4 heteroatoms. The number of para-hydroxylation sites is 1. The molecule has 1 aliphatic rings. The normalized spacial score (nSPS) is 14.7. The van der Waals surface area contributed by atoms with Gasteiger partial charge in [0.2, 0.25) is 5.69 Å². The number of aryl methyl sites for hydroxylation is 1. The van der Waals surface area contributed by atoms with E-state index in [1.54, 1.807) is 0 Å². The largest absolute Gasteiger partial charge is 0.455 e. The number of aromatic nitrogens is 1. The van der Waals surface area contributed by atoms with Crippen molar-refractivity contribution in [3.63, 3.8) is 0 Å². The Bertz CT molecular complexity index is 1400. The summed E-state index contributed by atoms with van der Waals surface area (Å²) < 4.78 is 8.83. The summed E-state index contributed by atoms with van der Waals surface area (Å²) in [6, 6.07) is 15.3. The maximum Gasteiger partial charge on any atom is 0.224 e. The van der Waals surface area contributed by atoms with E-state index in [0.717, 1.165) is 34.7 Å². The zero-order valence-corrected chi connectivity index (χ0v) is 20.2. The van der Waals surface area contributed by atoms with E-state index in [4.69, 9.17) is 9.40 Å². The second-order valence-corrected chi connectivity index (χ2v) is 14.8. The predicted octanol–water partition coefficient (Wildman–Crippen LogP) is 6.57. The van der Waals surface area contributed by atoms with Crippen molar-refractivity contribution in [1.29, 1.82) is 0 Å². The second kappa shape index (κ2) is 7.03. The van der Waals surface area contributed by atoms with E-state index in [-0.39, 0.29) is 0 Å². The third kappa shape index (κ3) is 3.26. The molecule has 2 aromatic carbocycles. The van der Waals surface area contributed by atoms with Gasteiger partial charge in [-0.15, -0.1) is 0 Å². The Morgan fingerprint density at radius 1 is 0.935 bits per heavy atom. The molecule has 0 fully saturated rings. The second-order valence-electron chi connectivity index (χ2n) is 9.79. The average Bonchev–Trinajstić information content (AvgIpc) is 3.27. The molecule has 3 nitrogen and oxygen atoms in total. The highest BCUT2D eigenvalue weighted by Crippen LogP contribution is 2.36. The molecular weight excluding hydrogens is 396 g/mol. The maximum atomic E-state index is 6.53. The fourth-order valence-corrected chi connectivity index (χ4v) is 6.31. The standard InChI is InChI=1S/C27H29N2OSi/c1-17-14-19(3)29(16-17)20-10-12-23(28-15-20)21-11-13-24(31(4,5)6)25-22-9-7-8-18(2)26(22)30-27(21)25/h7-15H,16H2,1-6H3/q+1. The van der Waals surface area contributed by atoms with Gasteiger partial charge in [0.15, 0.2) is 12.3 Å². The van der Waals surface area contributed by atoms with Crippen LogP contribution in [0, 0.1) is 6.92 Å². The lowest BCUT2D eigenvalue weighted by Gasteiger charge is -2.18. The molecule has 1 aliphatic heterocycles. The van der Waals surface area contributed by atoms with Gasteiger partial charge in [-0.2, -0.15) is 4.58 Å². The average molecular weight is 426 g/mol. The topological polar surface area (TPSA) is 29.0 Å². The van der Waals surface area contributed by atoms with Crippen LogP contribution >= 0.6 is 0 Å². The highest BCUT2D eigenvalue weighted by molar-refractivity contribution is 6.90. The van der Waals surface area contributed by atoms with Crippen molar-refractivity contribution >= 4 is 46.6 Å². The van der Waals surface area contributed by atoms with E-state index >= 15 is 0 Å². The summed E-state index contributed by atoms with van der Waals surface area (Å²) in [7, 11) is -1.56. The molecule has 0 unspecified atom stereocenters. The van der Waals surface area contributed by atoms with Crippen LogP contribution in [0.1, 0.15) is 19.4 Å². The smallest absolute Gasteiger partial charge is 0.224 e.